The van der Waals surface area contributed by atoms with Crippen molar-refractivity contribution in [3.8, 4) is 0 Å². The number of carbonyl (C=O) groups is 1. The maximum Gasteiger partial charge on any atom is 0.264 e. The van der Waals surface area contributed by atoms with Crippen molar-refractivity contribution in [1.82, 2.24) is 10.2 Å². The third-order valence-electron chi connectivity index (χ3n) is 5.49. The summed E-state index contributed by atoms with van der Waals surface area (Å²) in [6.45, 7) is 7.69. The summed E-state index contributed by atoms with van der Waals surface area (Å²) in [6.07, 6.45) is 1.51. The van der Waals surface area contributed by atoms with Crippen LogP contribution < -0.4 is 10.6 Å². The molecule has 0 aliphatic carbocycles. The van der Waals surface area contributed by atoms with Crippen LogP contribution >= 0.6 is 15.9 Å². The van der Waals surface area contributed by atoms with Crippen molar-refractivity contribution in [1.29, 1.82) is 0 Å². The first-order chi connectivity index (χ1) is 15.2. The highest BCUT2D eigenvalue weighted by molar-refractivity contribution is 9.10. The molecule has 0 saturated carbocycles. The van der Waals surface area contributed by atoms with Crippen LogP contribution in [0.25, 0.3) is 0 Å². The van der Waals surface area contributed by atoms with Crippen LogP contribution in [0.1, 0.15) is 38.1 Å². The van der Waals surface area contributed by atoms with Gasteiger partial charge in [0.2, 0.25) is 0 Å². The van der Waals surface area contributed by atoms with E-state index in [2.05, 4.69) is 40.4 Å². The zero-order chi connectivity index (χ0) is 23.0. The number of quaternary nitrogens is 1. The minimum absolute atomic E-state index is 0.162. The Morgan fingerprint density at radius 1 is 1.28 bits per heavy atom. The Morgan fingerprint density at radius 2 is 1.97 bits per heavy atom. The van der Waals surface area contributed by atoms with Crippen LogP contribution in [0.4, 0.5) is 0 Å². The number of aliphatic hydroxyl groups excluding tert-OH is 1. The maximum absolute atomic E-state index is 12.6. The van der Waals surface area contributed by atoms with Gasteiger partial charge in [0.25, 0.3) is 12.2 Å². The highest BCUT2D eigenvalue weighted by Crippen LogP contribution is 2.40. The number of hydrogen-bond acceptors (Lipinski definition) is 7. The van der Waals surface area contributed by atoms with E-state index in [0.717, 1.165) is 4.47 Å². The molecule has 0 bridgehead atoms. The molecule has 3 heterocycles. The summed E-state index contributed by atoms with van der Waals surface area (Å²) >= 11 is 3.38. The summed E-state index contributed by atoms with van der Waals surface area (Å²) in [5.41, 5.74) is 0.544. The topological polar surface area (TPSA) is 109 Å². The molecule has 3 aliphatic heterocycles. The standard InChI is InChI=1S/C22H29BrN4O5/c1-12(2)24-21-26-16(25-19(29)13-5-7-14(23)8-6-13)9-10-27(21)20-18-17(15(11-28)30-20)31-22(3,4)32-18/h5-10,12,15,17-18,20-21,24,28H,11H2,1-4H3,(H,25,26,29)/p+1/t15-,17-,18-,20-,21?/m1/s1. The van der Waals surface area contributed by atoms with Gasteiger partial charge in [0.15, 0.2) is 12.0 Å². The Labute approximate surface area is 195 Å². The van der Waals surface area contributed by atoms with Gasteiger partial charge >= 0.3 is 0 Å². The quantitative estimate of drug-likeness (QED) is 0.544. The lowest BCUT2D eigenvalue weighted by Crippen LogP contribution is -2.97. The van der Waals surface area contributed by atoms with Crippen LogP contribution in [0.15, 0.2) is 46.0 Å². The Kier molecular flexibility index (Phi) is 6.71. The smallest absolute Gasteiger partial charge is 0.264 e. The van der Waals surface area contributed by atoms with E-state index in [1.807, 2.05) is 37.1 Å². The van der Waals surface area contributed by atoms with Crippen molar-refractivity contribution in [2.75, 3.05) is 6.61 Å². The molecule has 0 spiro atoms. The van der Waals surface area contributed by atoms with Gasteiger partial charge in [0.05, 0.1) is 12.6 Å². The number of benzene rings is 1. The molecule has 5 atom stereocenters. The number of carbonyl (C=O) groups excluding carboxylic acids is 1. The number of amides is 1. The summed E-state index contributed by atoms with van der Waals surface area (Å²) in [6, 6.07) is 7.38. The third-order valence-corrected chi connectivity index (χ3v) is 6.01. The molecule has 10 heteroatoms. The van der Waals surface area contributed by atoms with Crippen LogP contribution in [-0.4, -0.2) is 71.0 Å². The molecule has 3 aliphatic rings. The first-order valence-corrected chi connectivity index (χ1v) is 11.5. The van der Waals surface area contributed by atoms with Gasteiger partial charge in [-0.2, -0.15) is 4.99 Å². The Bertz CT molecular complexity index is 904. The molecule has 1 aromatic rings. The number of halogens is 1. The Hall–Kier alpha value is -1.82. The van der Waals surface area contributed by atoms with Crippen LogP contribution in [0.3, 0.4) is 0 Å². The number of amidine groups is 1. The first kappa shape index (κ1) is 23.3. The largest absolute Gasteiger partial charge is 0.394 e. The van der Waals surface area contributed by atoms with Crippen molar-refractivity contribution < 1.29 is 29.4 Å². The lowest BCUT2D eigenvalue weighted by molar-refractivity contribution is -0.733. The molecule has 2 fully saturated rings. The molecule has 32 heavy (non-hydrogen) atoms. The van der Waals surface area contributed by atoms with Gasteiger partial charge in [-0.25, -0.2) is 0 Å². The zero-order valence-electron chi connectivity index (χ0n) is 18.6. The highest BCUT2D eigenvalue weighted by Gasteiger charge is 2.57. The van der Waals surface area contributed by atoms with Crippen LogP contribution in [0.5, 0.6) is 0 Å². The van der Waals surface area contributed by atoms with Gasteiger partial charge in [0, 0.05) is 16.2 Å². The molecular weight excluding hydrogens is 480 g/mol. The second-order valence-electron chi connectivity index (χ2n) is 8.90. The highest BCUT2D eigenvalue weighted by atomic mass is 79.9. The number of aliphatic hydroxyl groups is 1. The molecule has 2 saturated heterocycles. The fraction of sp³-hybridized carbons (Fsp3) is 0.545. The molecule has 0 aromatic heterocycles. The first-order valence-electron chi connectivity index (χ1n) is 10.7. The van der Waals surface area contributed by atoms with Crippen LogP contribution in [0, 0.1) is 0 Å². The fourth-order valence-corrected chi connectivity index (χ4v) is 4.39. The van der Waals surface area contributed by atoms with Crippen molar-refractivity contribution in [2.45, 2.75) is 70.4 Å². The second-order valence-corrected chi connectivity index (χ2v) is 9.82. The van der Waals surface area contributed by atoms with Gasteiger partial charge in [0.1, 0.15) is 24.1 Å². The predicted molar refractivity (Wildman–Crippen MR) is 120 cm³/mol. The van der Waals surface area contributed by atoms with Crippen molar-refractivity contribution >= 4 is 27.7 Å². The normalized spacial score (nSPS) is 31.0. The molecule has 9 nitrogen and oxygen atoms in total. The van der Waals surface area contributed by atoms with E-state index >= 15 is 0 Å². The molecule has 4 rings (SSSR count). The predicted octanol–water partition coefficient (Wildman–Crippen LogP) is 0.899. The van der Waals surface area contributed by atoms with Crippen molar-refractivity contribution in [3.05, 3.63) is 46.6 Å². The van der Waals surface area contributed by atoms with E-state index in [0.29, 0.717) is 11.4 Å². The summed E-state index contributed by atoms with van der Waals surface area (Å²) in [5, 5.41) is 14.7. The zero-order valence-corrected chi connectivity index (χ0v) is 20.2. The van der Waals surface area contributed by atoms with E-state index in [-0.39, 0.29) is 37.1 Å². The number of nitrogens with zero attached hydrogens (tertiary/aromatic N) is 2. The number of fused-ring (bicyclic) bond motifs is 1. The number of nitrogens with one attached hydrogen (secondary N) is 1. The number of ether oxygens (including phenoxy) is 3. The van der Waals surface area contributed by atoms with E-state index < -0.39 is 18.1 Å². The Balaban J connectivity index is 1.53. The fourth-order valence-electron chi connectivity index (χ4n) is 4.13. The molecule has 0 radical (unpaired) electrons. The van der Waals surface area contributed by atoms with Gasteiger partial charge in [-0.3, -0.25) is 9.69 Å². The molecule has 1 aromatic carbocycles. The minimum Gasteiger partial charge on any atom is -0.394 e. The molecule has 1 amide bonds. The molecule has 4 N–H and O–H groups in total. The number of rotatable bonds is 5. The van der Waals surface area contributed by atoms with Gasteiger partial charge in [-0.1, -0.05) is 15.9 Å². The third kappa shape index (κ3) is 4.90. The maximum atomic E-state index is 12.6. The number of hydrogen-bond donors (Lipinski definition) is 3. The van der Waals surface area contributed by atoms with Gasteiger partial charge in [-0.05, 0) is 58.0 Å². The van der Waals surface area contributed by atoms with Crippen molar-refractivity contribution in [3.63, 3.8) is 0 Å². The SMILES string of the molecule is CC(C)[NH2+]C1N=C(NC(=O)c2ccc(Br)cc2)C=CN1[C@@H]1O[C@H](CO)[C@H]2OC(C)(C)O[C@H]21. The lowest BCUT2D eigenvalue weighted by Gasteiger charge is -2.36. The minimum atomic E-state index is -0.755. The summed E-state index contributed by atoms with van der Waals surface area (Å²) in [5.74, 6) is -0.521. The number of nitrogens with two attached hydrogens (primary N) is 1. The average molecular weight is 510 g/mol. The number of aliphatic imine (C=N–C) groups is 1. The van der Waals surface area contributed by atoms with Crippen LogP contribution in [0.2, 0.25) is 0 Å². The van der Waals surface area contributed by atoms with Crippen molar-refractivity contribution in [2.24, 2.45) is 4.99 Å². The molecular formula is C22H30BrN4O5+. The van der Waals surface area contributed by atoms with Crippen LogP contribution in [-0.2, 0) is 14.2 Å². The summed E-state index contributed by atoms with van der Waals surface area (Å²) in [7, 11) is 0. The van der Waals surface area contributed by atoms with E-state index in [9.17, 15) is 9.90 Å². The molecule has 1 unspecified atom stereocenters. The summed E-state index contributed by atoms with van der Waals surface area (Å²) < 4.78 is 19.1. The summed E-state index contributed by atoms with van der Waals surface area (Å²) in [4.78, 5) is 19.3. The second kappa shape index (κ2) is 9.20. The van der Waals surface area contributed by atoms with E-state index in [1.165, 1.54) is 0 Å². The van der Waals surface area contributed by atoms with Gasteiger partial charge in [-0.15, -0.1) is 0 Å². The lowest BCUT2D eigenvalue weighted by atomic mass is 10.1. The molecule has 174 valence electrons. The Morgan fingerprint density at radius 3 is 2.62 bits per heavy atom. The van der Waals surface area contributed by atoms with E-state index in [1.54, 1.807) is 18.2 Å². The average Bonchev–Trinajstić information content (AvgIpc) is 3.21. The monoisotopic (exact) mass is 509 g/mol. The van der Waals surface area contributed by atoms with Gasteiger partial charge < -0.3 is 30.0 Å². The van der Waals surface area contributed by atoms with E-state index in [4.69, 9.17) is 19.2 Å².